The number of aromatic nitrogens is 3. The van der Waals surface area contributed by atoms with Crippen LogP contribution >= 0.6 is 0 Å². The lowest BCUT2D eigenvalue weighted by Crippen LogP contribution is -2.24. The summed E-state index contributed by atoms with van der Waals surface area (Å²) in [6.07, 6.45) is 1.42. The predicted molar refractivity (Wildman–Crippen MR) is 66.8 cm³/mol. The summed E-state index contributed by atoms with van der Waals surface area (Å²) < 4.78 is 5.11. The first-order valence-electron chi connectivity index (χ1n) is 6.12. The highest BCUT2D eigenvalue weighted by molar-refractivity contribution is 5.88. The van der Waals surface area contributed by atoms with Crippen molar-refractivity contribution in [2.45, 2.75) is 13.8 Å². The van der Waals surface area contributed by atoms with E-state index < -0.39 is 5.97 Å². The molecule has 2 atom stereocenters. The summed E-state index contributed by atoms with van der Waals surface area (Å²) in [6.45, 7) is 4.88. The van der Waals surface area contributed by atoms with Gasteiger partial charge >= 0.3 is 5.97 Å². The quantitative estimate of drug-likeness (QED) is 0.865. The number of carboxylic acid groups (broad SMARTS) is 1. The third-order valence-electron chi connectivity index (χ3n) is 3.65. The predicted octanol–water partition coefficient (Wildman–Crippen LogP) is 1.08. The van der Waals surface area contributed by atoms with E-state index in [1.807, 2.05) is 18.7 Å². The fraction of sp³-hybridized carbons (Fsp3) is 0.500. The maximum absolute atomic E-state index is 11.2. The van der Waals surface area contributed by atoms with Crippen molar-refractivity contribution in [3.05, 3.63) is 12.0 Å². The highest BCUT2D eigenvalue weighted by atomic mass is 16.5. The van der Waals surface area contributed by atoms with Gasteiger partial charge in [-0.2, -0.15) is 4.98 Å². The molecule has 0 bridgehead atoms. The molecule has 3 heterocycles. The van der Waals surface area contributed by atoms with Crippen LogP contribution in [0.2, 0.25) is 0 Å². The number of carboxylic acids is 1. The van der Waals surface area contributed by atoms with Crippen LogP contribution in [-0.2, 0) is 4.79 Å². The van der Waals surface area contributed by atoms with Crippen LogP contribution < -0.4 is 4.90 Å². The second kappa shape index (κ2) is 4.18. The molecule has 2 aromatic rings. The lowest BCUT2D eigenvalue weighted by molar-refractivity contribution is -0.142. The summed E-state index contributed by atoms with van der Waals surface area (Å²) >= 11 is 0. The molecule has 1 N–H and O–H groups in total. The fourth-order valence-electron chi connectivity index (χ4n) is 2.60. The van der Waals surface area contributed by atoms with E-state index in [4.69, 9.17) is 4.52 Å². The molecule has 1 saturated heterocycles. The van der Waals surface area contributed by atoms with Crippen LogP contribution in [0.5, 0.6) is 0 Å². The van der Waals surface area contributed by atoms with Gasteiger partial charge in [0.2, 0.25) is 0 Å². The van der Waals surface area contributed by atoms with Crippen molar-refractivity contribution in [3.8, 4) is 0 Å². The zero-order chi connectivity index (χ0) is 13.6. The van der Waals surface area contributed by atoms with Gasteiger partial charge in [0.25, 0.3) is 5.71 Å². The summed E-state index contributed by atoms with van der Waals surface area (Å²) in [5, 5.41) is 13.8. The Morgan fingerprint density at radius 2 is 2.26 bits per heavy atom. The molecule has 2 unspecified atom stereocenters. The molecule has 1 aliphatic heterocycles. The van der Waals surface area contributed by atoms with Crippen LogP contribution in [0.25, 0.3) is 11.1 Å². The van der Waals surface area contributed by atoms with Crippen LogP contribution in [0.4, 0.5) is 5.82 Å². The zero-order valence-corrected chi connectivity index (χ0v) is 10.7. The van der Waals surface area contributed by atoms with Crippen molar-refractivity contribution in [1.29, 1.82) is 0 Å². The van der Waals surface area contributed by atoms with Crippen molar-refractivity contribution in [1.82, 2.24) is 15.1 Å². The number of aryl methyl sites for hydroxylation is 1. The van der Waals surface area contributed by atoms with E-state index in [2.05, 4.69) is 15.1 Å². The Morgan fingerprint density at radius 1 is 1.47 bits per heavy atom. The second-order valence-corrected chi connectivity index (χ2v) is 4.97. The van der Waals surface area contributed by atoms with E-state index in [1.165, 1.54) is 6.33 Å². The summed E-state index contributed by atoms with van der Waals surface area (Å²) in [6, 6.07) is 0. The third-order valence-corrected chi connectivity index (χ3v) is 3.65. The lowest BCUT2D eigenvalue weighted by Gasteiger charge is -2.17. The van der Waals surface area contributed by atoms with Crippen LogP contribution in [0.15, 0.2) is 10.9 Å². The van der Waals surface area contributed by atoms with Gasteiger partial charge in [0.15, 0.2) is 0 Å². The van der Waals surface area contributed by atoms with E-state index in [0.29, 0.717) is 24.6 Å². The first-order valence-corrected chi connectivity index (χ1v) is 6.12. The Balaban J connectivity index is 2.02. The molecule has 0 aliphatic carbocycles. The normalized spacial score (nSPS) is 23.2. The van der Waals surface area contributed by atoms with Crippen molar-refractivity contribution >= 4 is 22.9 Å². The molecule has 0 spiro atoms. The minimum atomic E-state index is -0.762. The average Bonchev–Trinajstić information content (AvgIpc) is 2.93. The van der Waals surface area contributed by atoms with Gasteiger partial charge in [-0.05, 0) is 12.8 Å². The smallest absolute Gasteiger partial charge is 0.308 e. The van der Waals surface area contributed by atoms with Gasteiger partial charge in [0, 0.05) is 13.1 Å². The molecule has 7 heteroatoms. The standard InChI is InChI=1S/C12H14N4O3/c1-6-3-16(4-8(6)12(17)18)10-9-7(2)15-19-11(9)14-5-13-10/h5-6,8H,3-4H2,1-2H3,(H,17,18). The Morgan fingerprint density at radius 3 is 2.95 bits per heavy atom. The number of hydrogen-bond donors (Lipinski definition) is 1. The number of rotatable bonds is 2. The molecule has 19 heavy (non-hydrogen) atoms. The monoisotopic (exact) mass is 262 g/mol. The molecule has 2 aromatic heterocycles. The average molecular weight is 262 g/mol. The van der Waals surface area contributed by atoms with Crippen molar-refractivity contribution < 1.29 is 14.4 Å². The zero-order valence-electron chi connectivity index (χ0n) is 10.7. The van der Waals surface area contributed by atoms with E-state index in [9.17, 15) is 9.90 Å². The lowest BCUT2D eigenvalue weighted by atomic mass is 9.99. The third kappa shape index (κ3) is 1.81. The molecule has 0 radical (unpaired) electrons. The molecule has 0 saturated carbocycles. The Bertz CT molecular complexity index is 639. The number of hydrogen-bond acceptors (Lipinski definition) is 6. The van der Waals surface area contributed by atoms with Crippen LogP contribution in [-0.4, -0.2) is 39.3 Å². The van der Waals surface area contributed by atoms with Gasteiger partial charge in [0.05, 0.1) is 11.6 Å². The highest BCUT2D eigenvalue weighted by Crippen LogP contribution is 2.32. The fourth-order valence-corrected chi connectivity index (χ4v) is 2.60. The van der Waals surface area contributed by atoms with E-state index in [-0.39, 0.29) is 11.8 Å². The number of anilines is 1. The molecule has 1 fully saturated rings. The van der Waals surface area contributed by atoms with Gasteiger partial charge in [-0.1, -0.05) is 12.1 Å². The minimum absolute atomic E-state index is 0.0858. The molecular formula is C12H14N4O3. The first-order chi connectivity index (χ1) is 9.08. The number of carbonyl (C=O) groups is 1. The number of aliphatic carboxylic acids is 1. The van der Waals surface area contributed by atoms with Crippen molar-refractivity contribution in [2.24, 2.45) is 11.8 Å². The summed E-state index contributed by atoms with van der Waals surface area (Å²) in [5.74, 6) is -0.338. The maximum Gasteiger partial charge on any atom is 0.308 e. The summed E-state index contributed by atoms with van der Waals surface area (Å²) in [7, 11) is 0. The molecule has 100 valence electrons. The van der Waals surface area contributed by atoms with Gasteiger partial charge in [0.1, 0.15) is 17.5 Å². The van der Waals surface area contributed by atoms with Crippen LogP contribution in [0.3, 0.4) is 0 Å². The van der Waals surface area contributed by atoms with E-state index in [0.717, 1.165) is 11.1 Å². The van der Waals surface area contributed by atoms with Crippen LogP contribution in [0, 0.1) is 18.8 Å². The van der Waals surface area contributed by atoms with E-state index in [1.54, 1.807) is 0 Å². The van der Waals surface area contributed by atoms with Crippen molar-refractivity contribution in [3.63, 3.8) is 0 Å². The number of fused-ring (bicyclic) bond motifs is 1. The van der Waals surface area contributed by atoms with E-state index >= 15 is 0 Å². The second-order valence-electron chi connectivity index (χ2n) is 4.97. The highest BCUT2D eigenvalue weighted by Gasteiger charge is 2.36. The molecular weight excluding hydrogens is 248 g/mol. The topological polar surface area (TPSA) is 92.4 Å². The van der Waals surface area contributed by atoms with Gasteiger partial charge in [-0.15, -0.1) is 0 Å². The summed E-state index contributed by atoms with van der Waals surface area (Å²) in [4.78, 5) is 21.4. The molecule has 1 aliphatic rings. The Kier molecular flexibility index (Phi) is 2.62. The SMILES string of the molecule is Cc1noc2ncnc(N3CC(C)C(C(=O)O)C3)c12. The molecule has 0 aromatic carbocycles. The van der Waals surface area contributed by atoms with Crippen LogP contribution in [0.1, 0.15) is 12.6 Å². The molecule has 0 amide bonds. The minimum Gasteiger partial charge on any atom is -0.481 e. The van der Waals surface area contributed by atoms with Gasteiger partial charge < -0.3 is 14.5 Å². The van der Waals surface area contributed by atoms with Gasteiger partial charge in [-0.3, -0.25) is 4.79 Å². The first kappa shape index (κ1) is 11.9. The maximum atomic E-state index is 11.2. The molecule has 7 nitrogen and oxygen atoms in total. The number of nitrogens with zero attached hydrogens (tertiary/aromatic N) is 4. The summed E-state index contributed by atoms with van der Waals surface area (Å²) in [5.41, 5.74) is 1.16. The Labute approximate surface area is 109 Å². The van der Waals surface area contributed by atoms with Gasteiger partial charge in [-0.25, -0.2) is 4.98 Å². The molecule has 3 rings (SSSR count). The Hall–Kier alpha value is -2.18. The largest absolute Gasteiger partial charge is 0.481 e. The van der Waals surface area contributed by atoms with Crippen molar-refractivity contribution in [2.75, 3.05) is 18.0 Å².